The molecule has 1 fully saturated rings. The van der Waals surface area contributed by atoms with Gasteiger partial charge in [-0.15, -0.1) is 11.6 Å². The molecule has 106 valence electrons. The second kappa shape index (κ2) is 6.42. The molecule has 0 radical (unpaired) electrons. The molecule has 5 heteroatoms. The van der Waals surface area contributed by atoms with Gasteiger partial charge in [0, 0.05) is 29.6 Å². The van der Waals surface area contributed by atoms with Crippen LogP contribution < -0.4 is 10.1 Å². The molecule has 1 N–H and O–H groups in total. The van der Waals surface area contributed by atoms with E-state index < -0.39 is 0 Å². The van der Waals surface area contributed by atoms with Gasteiger partial charge >= 0.3 is 0 Å². The second-order valence-corrected chi connectivity index (χ2v) is 5.57. The van der Waals surface area contributed by atoms with E-state index in [-0.39, 0.29) is 5.41 Å². The maximum atomic E-state index is 6.14. The van der Waals surface area contributed by atoms with Crippen LogP contribution in [0.5, 0.6) is 5.88 Å². The maximum absolute atomic E-state index is 6.14. The van der Waals surface area contributed by atoms with Crippen molar-refractivity contribution in [3.8, 4) is 5.88 Å². The van der Waals surface area contributed by atoms with Crippen LogP contribution in [0.3, 0.4) is 0 Å². The van der Waals surface area contributed by atoms with E-state index in [2.05, 4.69) is 15.3 Å². The SMILES string of the molecule is CCOc1cc(C)nc(NCC2(CCl)CCCC2)n1. The highest BCUT2D eigenvalue weighted by atomic mass is 35.5. The minimum atomic E-state index is 0.209. The average molecular weight is 284 g/mol. The first-order valence-electron chi connectivity index (χ1n) is 6.96. The van der Waals surface area contributed by atoms with Crippen LogP contribution in [0.25, 0.3) is 0 Å². The highest BCUT2D eigenvalue weighted by Crippen LogP contribution is 2.39. The van der Waals surface area contributed by atoms with E-state index in [1.54, 1.807) is 0 Å². The summed E-state index contributed by atoms with van der Waals surface area (Å²) in [6.07, 6.45) is 4.92. The summed E-state index contributed by atoms with van der Waals surface area (Å²) < 4.78 is 5.43. The maximum Gasteiger partial charge on any atom is 0.226 e. The van der Waals surface area contributed by atoms with Crippen LogP contribution in [-0.2, 0) is 0 Å². The van der Waals surface area contributed by atoms with Crippen molar-refractivity contribution in [2.24, 2.45) is 5.41 Å². The number of aromatic nitrogens is 2. The summed E-state index contributed by atoms with van der Waals surface area (Å²) >= 11 is 6.14. The first kappa shape index (κ1) is 14.4. The van der Waals surface area contributed by atoms with Gasteiger partial charge in [0.1, 0.15) is 0 Å². The fourth-order valence-electron chi connectivity index (χ4n) is 2.59. The van der Waals surface area contributed by atoms with Gasteiger partial charge in [-0.25, -0.2) is 4.98 Å². The van der Waals surface area contributed by atoms with Crippen molar-refractivity contribution >= 4 is 17.5 Å². The van der Waals surface area contributed by atoms with Crippen molar-refractivity contribution in [3.05, 3.63) is 11.8 Å². The predicted octanol–water partition coefficient (Wildman–Crippen LogP) is 3.39. The summed E-state index contributed by atoms with van der Waals surface area (Å²) in [7, 11) is 0. The molecule has 1 aliphatic carbocycles. The summed E-state index contributed by atoms with van der Waals surface area (Å²) in [4.78, 5) is 8.76. The van der Waals surface area contributed by atoms with Gasteiger partial charge in [-0.1, -0.05) is 12.8 Å². The van der Waals surface area contributed by atoms with E-state index in [1.807, 2.05) is 19.9 Å². The quantitative estimate of drug-likeness (QED) is 0.813. The van der Waals surface area contributed by atoms with Crippen LogP contribution in [0.1, 0.15) is 38.3 Å². The first-order valence-corrected chi connectivity index (χ1v) is 7.49. The molecule has 0 spiro atoms. The van der Waals surface area contributed by atoms with Gasteiger partial charge in [0.15, 0.2) is 0 Å². The second-order valence-electron chi connectivity index (χ2n) is 5.30. The minimum absolute atomic E-state index is 0.209. The largest absolute Gasteiger partial charge is 0.478 e. The molecule has 0 aromatic carbocycles. The van der Waals surface area contributed by atoms with E-state index in [4.69, 9.17) is 16.3 Å². The molecule has 1 heterocycles. The molecule has 0 bridgehead atoms. The van der Waals surface area contributed by atoms with Gasteiger partial charge in [-0.05, 0) is 26.7 Å². The standard InChI is InChI=1S/C14H22ClN3O/c1-3-19-12-8-11(2)17-13(18-12)16-10-14(9-15)6-4-5-7-14/h8H,3-7,9-10H2,1-2H3,(H,16,17,18). The topological polar surface area (TPSA) is 47.0 Å². The van der Waals surface area contributed by atoms with E-state index in [1.165, 1.54) is 25.7 Å². The van der Waals surface area contributed by atoms with Crippen LogP contribution >= 0.6 is 11.6 Å². The van der Waals surface area contributed by atoms with Crippen molar-refractivity contribution < 1.29 is 4.74 Å². The molecule has 1 saturated carbocycles. The van der Waals surface area contributed by atoms with Gasteiger partial charge in [0.05, 0.1) is 6.61 Å². The molecular formula is C14H22ClN3O. The zero-order chi connectivity index (χ0) is 13.7. The summed E-state index contributed by atoms with van der Waals surface area (Å²) in [5.41, 5.74) is 1.12. The minimum Gasteiger partial charge on any atom is -0.478 e. The Labute approximate surface area is 119 Å². The fraction of sp³-hybridized carbons (Fsp3) is 0.714. The van der Waals surface area contributed by atoms with E-state index >= 15 is 0 Å². The molecule has 0 saturated heterocycles. The summed E-state index contributed by atoms with van der Waals surface area (Å²) in [6, 6.07) is 1.85. The highest BCUT2D eigenvalue weighted by Gasteiger charge is 2.32. The van der Waals surface area contributed by atoms with Crippen LogP contribution in [-0.4, -0.2) is 29.0 Å². The number of nitrogens with one attached hydrogen (secondary N) is 1. The molecule has 4 nitrogen and oxygen atoms in total. The van der Waals surface area contributed by atoms with Crippen LogP contribution in [0, 0.1) is 12.3 Å². The van der Waals surface area contributed by atoms with E-state index in [0.717, 1.165) is 12.2 Å². The molecule has 1 aliphatic rings. The Morgan fingerprint density at radius 2 is 2.11 bits per heavy atom. The van der Waals surface area contributed by atoms with E-state index in [9.17, 15) is 0 Å². The number of ether oxygens (including phenoxy) is 1. The van der Waals surface area contributed by atoms with Gasteiger partial charge in [-0.2, -0.15) is 4.98 Å². The van der Waals surface area contributed by atoms with Gasteiger partial charge in [0.25, 0.3) is 0 Å². The smallest absolute Gasteiger partial charge is 0.226 e. The van der Waals surface area contributed by atoms with E-state index in [0.29, 0.717) is 24.3 Å². The number of alkyl halides is 1. The predicted molar refractivity (Wildman–Crippen MR) is 78.0 cm³/mol. The Hall–Kier alpha value is -1.03. The van der Waals surface area contributed by atoms with Crippen LogP contribution in [0.2, 0.25) is 0 Å². The number of rotatable bonds is 6. The zero-order valence-electron chi connectivity index (χ0n) is 11.7. The molecule has 19 heavy (non-hydrogen) atoms. The van der Waals surface area contributed by atoms with Crippen molar-refractivity contribution in [1.82, 2.24) is 9.97 Å². The van der Waals surface area contributed by atoms with Crippen molar-refractivity contribution in [1.29, 1.82) is 0 Å². The van der Waals surface area contributed by atoms with Crippen LogP contribution in [0.4, 0.5) is 5.95 Å². The summed E-state index contributed by atoms with van der Waals surface area (Å²) in [5.74, 6) is 1.97. The third-order valence-corrected chi connectivity index (χ3v) is 4.26. The number of hydrogen-bond donors (Lipinski definition) is 1. The Kier molecular flexibility index (Phi) is 4.86. The number of anilines is 1. The Morgan fingerprint density at radius 1 is 1.37 bits per heavy atom. The Bertz CT molecular complexity index is 419. The lowest BCUT2D eigenvalue weighted by atomic mass is 9.89. The van der Waals surface area contributed by atoms with Gasteiger partial charge < -0.3 is 10.1 Å². The highest BCUT2D eigenvalue weighted by molar-refractivity contribution is 6.18. The molecule has 1 aromatic rings. The summed E-state index contributed by atoms with van der Waals surface area (Å²) in [5, 5.41) is 3.33. The number of halogens is 1. The number of hydrogen-bond acceptors (Lipinski definition) is 4. The summed E-state index contributed by atoms with van der Waals surface area (Å²) in [6.45, 7) is 5.35. The molecular weight excluding hydrogens is 262 g/mol. The Morgan fingerprint density at radius 3 is 2.74 bits per heavy atom. The molecule has 0 unspecified atom stereocenters. The fourth-order valence-corrected chi connectivity index (χ4v) is 2.95. The third-order valence-electron chi connectivity index (χ3n) is 3.69. The lowest BCUT2D eigenvalue weighted by Crippen LogP contribution is -2.29. The normalized spacial score (nSPS) is 17.4. The molecule has 0 aliphatic heterocycles. The molecule has 0 amide bonds. The zero-order valence-corrected chi connectivity index (χ0v) is 12.5. The van der Waals surface area contributed by atoms with Crippen molar-refractivity contribution in [3.63, 3.8) is 0 Å². The van der Waals surface area contributed by atoms with Crippen molar-refractivity contribution in [2.45, 2.75) is 39.5 Å². The monoisotopic (exact) mass is 283 g/mol. The Balaban J connectivity index is 2.02. The lowest BCUT2D eigenvalue weighted by molar-refractivity contribution is 0.325. The molecule has 0 atom stereocenters. The number of aryl methyl sites for hydroxylation is 1. The molecule has 2 rings (SSSR count). The third kappa shape index (κ3) is 3.72. The van der Waals surface area contributed by atoms with Crippen molar-refractivity contribution in [2.75, 3.05) is 24.3 Å². The first-order chi connectivity index (χ1) is 9.17. The lowest BCUT2D eigenvalue weighted by Gasteiger charge is -2.26. The van der Waals surface area contributed by atoms with Gasteiger partial charge in [0.2, 0.25) is 11.8 Å². The number of nitrogens with zero attached hydrogens (tertiary/aromatic N) is 2. The van der Waals surface area contributed by atoms with Gasteiger partial charge in [-0.3, -0.25) is 0 Å². The van der Waals surface area contributed by atoms with Crippen LogP contribution in [0.15, 0.2) is 6.07 Å². The molecule has 1 aromatic heterocycles. The average Bonchev–Trinajstić information content (AvgIpc) is 2.86.